The Labute approximate surface area is 302 Å². The molecule has 0 fully saturated rings. The summed E-state index contributed by atoms with van der Waals surface area (Å²) in [5.41, 5.74) is 19.5. The zero-order chi connectivity index (χ0) is 34.2. The average Bonchev–Trinajstić information content (AvgIpc) is 3.86. The summed E-state index contributed by atoms with van der Waals surface area (Å²) in [6, 6.07) is 65.5. The zero-order valence-corrected chi connectivity index (χ0v) is 28.2. The third-order valence-electron chi connectivity index (χ3n) is 11.1. The van der Waals surface area contributed by atoms with E-state index >= 15 is 0 Å². The van der Waals surface area contributed by atoms with Crippen molar-refractivity contribution in [2.45, 2.75) is 5.41 Å². The maximum atomic E-state index is 5.28. The molecule has 0 N–H and O–H groups in total. The molecule has 2 aliphatic carbocycles. The van der Waals surface area contributed by atoms with E-state index in [4.69, 9.17) is 9.97 Å². The van der Waals surface area contributed by atoms with Crippen LogP contribution in [-0.2, 0) is 5.41 Å². The van der Waals surface area contributed by atoms with E-state index in [2.05, 4.69) is 180 Å². The van der Waals surface area contributed by atoms with Crippen LogP contribution in [-0.4, -0.2) is 14.4 Å². The van der Waals surface area contributed by atoms with Gasteiger partial charge in [-0.3, -0.25) is 4.40 Å². The van der Waals surface area contributed by atoms with E-state index in [-0.39, 0.29) is 5.41 Å². The smallest absolute Gasteiger partial charge is 0.137 e. The van der Waals surface area contributed by atoms with Crippen LogP contribution in [0.5, 0.6) is 0 Å². The van der Waals surface area contributed by atoms with Gasteiger partial charge in [0.15, 0.2) is 0 Å². The van der Waals surface area contributed by atoms with Gasteiger partial charge in [-0.05, 0) is 74.8 Å². The van der Waals surface area contributed by atoms with Crippen molar-refractivity contribution in [2.75, 3.05) is 0 Å². The molecule has 0 atom stereocenters. The standard InChI is InChI=1S/C49H31N3/c1-2-13-33(14-3-1)47-48(52-30-11-10-23-46(52)51-47)34-26-24-32(25-27-34)44-21-12-22-45(50-44)35-28-29-39-38-17-6-9-20-42(38)49(43(39)31-35)40-18-7-4-15-36(40)37-16-5-8-19-41(37)49/h1-31H. The van der Waals surface area contributed by atoms with Gasteiger partial charge in [0, 0.05) is 28.5 Å². The molecule has 3 aromatic heterocycles. The average molecular weight is 662 g/mol. The first kappa shape index (κ1) is 28.9. The van der Waals surface area contributed by atoms with Crippen LogP contribution < -0.4 is 0 Å². The fourth-order valence-electron chi connectivity index (χ4n) is 8.88. The van der Waals surface area contributed by atoms with E-state index in [1.54, 1.807) is 0 Å². The SMILES string of the molecule is c1ccc(-c2nc3ccccn3c2-c2ccc(-c3cccc(-c4ccc5c(c4)C4(c6ccccc6-c6ccccc64)c4ccccc4-5)n3)cc2)cc1. The summed E-state index contributed by atoms with van der Waals surface area (Å²) in [4.78, 5) is 10.3. The van der Waals surface area contributed by atoms with E-state index in [0.29, 0.717) is 0 Å². The second-order valence-corrected chi connectivity index (χ2v) is 13.7. The van der Waals surface area contributed by atoms with Gasteiger partial charge in [0.05, 0.1) is 28.2 Å². The van der Waals surface area contributed by atoms with E-state index in [9.17, 15) is 0 Å². The molecular formula is C49H31N3. The molecule has 0 radical (unpaired) electrons. The number of hydrogen-bond donors (Lipinski definition) is 0. The molecule has 0 bridgehead atoms. The van der Waals surface area contributed by atoms with Crippen LogP contribution in [0.25, 0.3) is 72.9 Å². The molecule has 3 heteroatoms. The van der Waals surface area contributed by atoms with Gasteiger partial charge in [0.1, 0.15) is 5.65 Å². The van der Waals surface area contributed by atoms with Crippen LogP contribution >= 0.6 is 0 Å². The highest BCUT2D eigenvalue weighted by molar-refractivity contribution is 5.96. The zero-order valence-electron chi connectivity index (χ0n) is 28.2. The van der Waals surface area contributed by atoms with Crippen molar-refractivity contribution in [3.05, 3.63) is 210 Å². The minimum Gasteiger partial charge on any atom is -0.299 e. The maximum Gasteiger partial charge on any atom is 0.137 e. The summed E-state index contributed by atoms with van der Waals surface area (Å²) in [5.74, 6) is 0. The highest BCUT2D eigenvalue weighted by Gasteiger charge is 2.51. The van der Waals surface area contributed by atoms with Gasteiger partial charge in [0.25, 0.3) is 0 Å². The third kappa shape index (κ3) is 4.02. The lowest BCUT2D eigenvalue weighted by atomic mass is 9.70. The van der Waals surface area contributed by atoms with Crippen molar-refractivity contribution >= 4 is 5.65 Å². The number of benzene rings is 6. The first-order valence-electron chi connectivity index (χ1n) is 17.8. The van der Waals surface area contributed by atoms with Gasteiger partial charge in [-0.2, -0.15) is 0 Å². The Morgan fingerprint density at radius 3 is 1.58 bits per heavy atom. The highest BCUT2D eigenvalue weighted by Crippen LogP contribution is 2.63. The van der Waals surface area contributed by atoms with Crippen molar-refractivity contribution < 1.29 is 0 Å². The predicted molar refractivity (Wildman–Crippen MR) is 211 cm³/mol. The number of pyridine rings is 2. The van der Waals surface area contributed by atoms with E-state index in [1.807, 2.05) is 12.1 Å². The van der Waals surface area contributed by atoms with Crippen molar-refractivity contribution in [3.63, 3.8) is 0 Å². The molecule has 3 nitrogen and oxygen atoms in total. The summed E-state index contributed by atoms with van der Waals surface area (Å²) in [7, 11) is 0. The Morgan fingerprint density at radius 1 is 0.365 bits per heavy atom. The van der Waals surface area contributed by atoms with Crippen LogP contribution in [0.4, 0.5) is 0 Å². The number of imidazole rings is 1. The van der Waals surface area contributed by atoms with Gasteiger partial charge in [-0.15, -0.1) is 0 Å². The molecule has 52 heavy (non-hydrogen) atoms. The molecule has 3 heterocycles. The molecule has 6 aromatic carbocycles. The van der Waals surface area contributed by atoms with Crippen molar-refractivity contribution in [1.29, 1.82) is 0 Å². The minimum absolute atomic E-state index is 0.376. The molecule has 0 saturated carbocycles. The van der Waals surface area contributed by atoms with Crippen LogP contribution in [0.15, 0.2) is 188 Å². The highest BCUT2D eigenvalue weighted by atomic mass is 15.0. The molecule has 0 amide bonds. The first-order valence-corrected chi connectivity index (χ1v) is 17.8. The summed E-state index contributed by atoms with van der Waals surface area (Å²) < 4.78 is 2.18. The van der Waals surface area contributed by atoms with Gasteiger partial charge in [-0.1, -0.05) is 152 Å². The fraction of sp³-hybridized carbons (Fsp3) is 0.0204. The molecule has 0 unspecified atom stereocenters. The Bertz CT molecular complexity index is 2780. The minimum atomic E-state index is -0.376. The number of nitrogens with zero attached hydrogens (tertiary/aromatic N) is 3. The third-order valence-corrected chi connectivity index (χ3v) is 11.1. The summed E-state index contributed by atoms with van der Waals surface area (Å²) in [6.07, 6.45) is 2.09. The first-order chi connectivity index (χ1) is 25.8. The lowest BCUT2D eigenvalue weighted by molar-refractivity contribution is 0.794. The second kappa shape index (κ2) is 11.1. The lowest BCUT2D eigenvalue weighted by Crippen LogP contribution is -2.25. The maximum absolute atomic E-state index is 5.28. The summed E-state index contributed by atoms with van der Waals surface area (Å²) >= 11 is 0. The number of fused-ring (bicyclic) bond motifs is 11. The van der Waals surface area contributed by atoms with Crippen molar-refractivity contribution in [3.8, 4) is 67.3 Å². The molecule has 9 aromatic rings. The molecular weight excluding hydrogens is 631 g/mol. The van der Waals surface area contributed by atoms with Gasteiger partial charge in [0.2, 0.25) is 0 Å². The number of hydrogen-bond acceptors (Lipinski definition) is 2. The number of rotatable bonds is 4. The molecule has 242 valence electrons. The van der Waals surface area contributed by atoms with Crippen LogP contribution in [0.3, 0.4) is 0 Å². The lowest BCUT2D eigenvalue weighted by Gasteiger charge is -2.30. The van der Waals surface area contributed by atoms with Gasteiger partial charge < -0.3 is 0 Å². The molecule has 2 aliphatic rings. The number of aromatic nitrogens is 3. The van der Waals surface area contributed by atoms with Crippen molar-refractivity contribution in [2.24, 2.45) is 0 Å². The van der Waals surface area contributed by atoms with Crippen LogP contribution in [0.2, 0.25) is 0 Å². The Balaban J connectivity index is 1.02. The summed E-state index contributed by atoms with van der Waals surface area (Å²) in [6.45, 7) is 0. The van der Waals surface area contributed by atoms with E-state index < -0.39 is 0 Å². The van der Waals surface area contributed by atoms with Gasteiger partial charge >= 0.3 is 0 Å². The van der Waals surface area contributed by atoms with E-state index in [1.165, 1.54) is 44.5 Å². The second-order valence-electron chi connectivity index (χ2n) is 13.7. The van der Waals surface area contributed by atoms with Crippen LogP contribution in [0.1, 0.15) is 22.3 Å². The van der Waals surface area contributed by atoms with Crippen molar-refractivity contribution in [1.82, 2.24) is 14.4 Å². The normalized spacial score (nSPS) is 13.2. The molecule has 0 aliphatic heterocycles. The Kier molecular flexibility index (Phi) is 6.17. The summed E-state index contributed by atoms with van der Waals surface area (Å²) in [5, 5.41) is 0. The largest absolute Gasteiger partial charge is 0.299 e. The Hall–Kier alpha value is -6.84. The van der Waals surface area contributed by atoms with E-state index in [0.717, 1.165) is 50.7 Å². The monoisotopic (exact) mass is 661 g/mol. The predicted octanol–water partition coefficient (Wildman–Crippen LogP) is 11.7. The van der Waals surface area contributed by atoms with Gasteiger partial charge in [-0.25, -0.2) is 9.97 Å². The molecule has 0 saturated heterocycles. The van der Waals surface area contributed by atoms with Crippen LogP contribution in [0, 0.1) is 0 Å². The quantitative estimate of drug-likeness (QED) is 0.188. The Morgan fingerprint density at radius 2 is 0.904 bits per heavy atom. The topological polar surface area (TPSA) is 30.2 Å². The molecule has 1 spiro atoms. The fourth-order valence-corrected chi connectivity index (χ4v) is 8.88. The molecule has 11 rings (SSSR count).